The summed E-state index contributed by atoms with van der Waals surface area (Å²) in [5, 5.41) is 21.0. The first-order valence-electron chi connectivity index (χ1n) is 8.32. The van der Waals surface area contributed by atoms with Gasteiger partial charge in [0.2, 0.25) is 5.88 Å². The fraction of sp³-hybridized carbons (Fsp3) is 0.0952. The van der Waals surface area contributed by atoms with E-state index in [-0.39, 0.29) is 23.6 Å². The van der Waals surface area contributed by atoms with E-state index in [9.17, 15) is 15.2 Å². The van der Waals surface area contributed by atoms with Crippen LogP contribution in [-0.4, -0.2) is 15.9 Å². The van der Waals surface area contributed by atoms with Crippen molar-refractivity contribution in [1.82, 2.24) is 4.57 Å². The molecule has 0 saturated heterocycles. The monoisotopic (exact) mass is 411 g/mol. The highest BCUT2D eigenvalue weighted by molar-refractivity contribution is 6.36. The summed E-state index contributed by atoms with van der Waals surface area (Å²) in [7, 11) is 0. The molecule has 140 valence electrons. The average Bonchev–Trinajstić information content (AvgIpc) is 2.68. The zero-order valence-electron chi connectivity index (χ0n) is 14.9. The Balaban J connectivity index is 2.13. The molecule has 0 bridgehead atoms. The molecule has 0 aliphatic carbocycles. The maximum absolute atomic E-state index is 12.7. The molecule has 0 spiro atoms. The fourth-order valence-electron chi connectivity index (χ4n) is 2.76. The van der Waals surface area contributed by atoms with Crippen LogP contribution >= 0.6 is 23.2 Å². The van der Waals surface area contributed by atoms with Crippen molar-refractivity contribution >= 4 is 35.1 Å². The second-order valence-electron chi connectivity index (χ2n) is 6.08. The molecular formula is C21H15Cl2N3O2. The molecule has 0 atom stereocenters. The highest BCUT2D eigenvalue weighted by Gasteiger charge is 2.18. The lowest BCUT2D eigenvalue weighted by atomic mass is 10.1. The largest absolute Gasteiger partial charge is 0.494 e. The first kappa shape index (κ1) is 19.7. The van der Waals surface area contributed by atoms with Crippen LogP contribution in [0.1, 0.15) is 22.3 Å². The van der Waals surface area contributed by atoms with Gasteiger partial charge in [-0.2, -0.15) is 5.26 Å². The van der Waals surface area contributed by atoms with Crippen molar-refractivity contribution in [3.63, 3.8) is 0 Å². The average molecular weight is 412 g/mol. The Bertz CT molecular complexity index is 1160. The van der Waals surface area contributed by atoms with Crippen LogP contribution in [0.3, 0.4) is 0 Å². The number of benzene rings is 2. The van der Waals surface area contributed by atoms with Gasteiger partial charge in [0.1, 0.15) is 11.6 Å². The molecule has 2 aromatic carbocycles. The number of aromatic hydroxyl groups is 1. The molecule has 0 unspecified atom stereocenters. The SMILES string of the molecule is Cc1c(C=Nc2ccc(Cl)cc2Cl)c(O)n(Cc2ccccc2)c(=O)c1C#N. The van der Waals surface area contributed by atoms with Gasteiger partial charge in [0.15, 0.2) is 0 Å². The van der Waals surface area contributed by atoms with E-state index in [0.29, 0.717) is 21.3 Å². The predicted molar refractivity (Wildman–Crippen MR) is 111 cm³/mol. The number of rotatable bonds is 4. The predicted octanol–water partition coefficient (Wildman–Crippen LogP) is 4.84. The van der Waals surface area contributed by atoms with Crippen molar-refractivity contribution in [1.29, 1.82) is 5.26 Å². The third kappa shape index (κ3) is 3.94. The summed E-state index contributed by atoms with van der Waals surface area (Å²) < 4.78 is 1.16. The Kier molecular flexibility index (Phi) is 5.84. The molecule has 0 fully saturated rings. The molecule has 3 aromatic rings. The molecule has 28 heavy (non-hydrogen) atoms. The summed E-state index contributed by atoms with van der Waals surface area (Å²) in [6.45, 7) is 1.72. The Morgan fingerprint density at radius 3 is 2.57 bits per heavy atom. The lowest BCUT2D eigenvalue weighted by Crippen LogP contribution is -2.25. The van der Waals surface area contributed by atoms with Gasteiger partial charge in [-0.1, -0.05) is 53.5 Å². The molecule has 3 rings (SSSR count). The molecule has 0 aliphatic rings. The Morgan fingerprint density at radius 2 is 1.93 bits per heavy atom. The lowest BCUT2D eigenvalue weighted by molar-refractivity contribution is 0.413. The van der Waals surface area contributed by atoms with E-state index in [1.165, 1.54) is 6.21 Å². The Labute approximate surface area is 171 Å². The minimum absolute atomic E-state index is 0.0441. The smallest absolute Gasteiger partial charge is 0.271 e. The van der Waals surface area contributed by atoms with Crippen LogP contribution in [0.15, 0.2) is 58.3 Å². The number of aliphatic imine (C=N–C) groups is 1. The number of nitriles is 1. The normalized spacial score (nSPS) is 10.9. The van der Waals surface area contributed by atoms with E-state index in [1.807, 2.05) is 36.4 Å². The number of halogens is 2. The van der Waals surface area contributed by atoms with Gasteiger partial charge in [-0.15, -0.1) is 0 Å². The van der Waals surface area contributed by atoms with Crippen molar-refractivity contribution in [2.75, 3.05) is 0 Å². The number of hydrogen-bond acceptors (Lipinski definition) is 4. The third-order valence-electron chi connectivity index (χ3n) is 4.27. The standard InChI is InChI=1S/C21H15Cl2N3O2/c1-13-16(10-24)20(27)26(12-14-5-3-2-4-6-14)21(28)17(13)11-25-19-8-7-15(22)9-18(19)23/h2-9,11,28H,12H2,1H3. The van der Waals surface area contributed by atoms with Crippen molar-refractivity contribution < 1.29 is 5.11 Å². The van der Waals surface area contributed by atoms with Gasteiger partial charge in [-0.05, 0) is 36.2 Å². The van der Waals surface area contributed by atoms with Gasteiger partial charge >= 0.3 is 0 Å². The maximum atomic E-state index is 12.7. The number of hydrogen-bond donors (Lipinski definition) is 1. The minimum atomic E-state index is -0.553. The van der Waals surface area contributed by atoms with Gasteiger partial charge < -0.3 is 5.11 Å². The quantitative estimate of drug-likeness (QED) is 0.623. The molecule has 1 aromatic heterocycles. The van der Waals surface area contributed by atoms with Crippen molar-refractivity contribution in [3.8, 4) is 11.9 Å². The van der Waals surface area contributed by atoms with Gasteiger partial charge in [0, 0.05) is 11.2 Å². The molecule has 0 saturated carbocycles. The zero-order chi connectivity index (χ0) is 20.3. The molecule has 0 amide bonds. The van der Waals surface area contributed by atoms with Gasteiger partial charge in [-0.3, -0.25) is 14.4 Å². The van der Waals surface area contributed by atoms with Crippen LogP contribution in [0, 0.1) is 18.3 Å². The number of nitrogens with zero attached hydrogens (tertiary/aromatic N) is 3. The van der Waals surface area contributed by atoms with Crippen LogP contribution in [0.2, 0.25) is 10.0 Å². The summed E-state index contributed by atoms with van der Waals surface area (Å²) in [6.07, 6.45) is 1.39. The second-order valence-corrected chi connectivity index (χ2v) is 6.92. The number of pyridine rings is 1. The molecule has 5 nitrogen and oxygen atoms in total. The van der Waals surface area contributed by atoms with Crippen LogP contribution in [-0.2, 0) is 6.54 Å². The Morgan fingerprint density at radius 1 is 1.21 bits per heavy atom. The summed E-state index contributed by atoms with van der Waals surface area (Å²) >= 11 is 12.0. The van der Waals surface area contributed by atoms with Crippen LogP contribution in [0.25, 0.3) is 0 Å². The van der Waals surface area contributed by atoms with Crippen molar-refractivity contribution in [2.45, 2.75) is 13.5 Å². The first-order valence-corrected chi connectivity index (χ1v) is 9.07. The van der Waals surface area contributed by atoms with Gasteiger partial charge in [-0.25, -0.2) is 0 Å². The van der Waals surface area contributed by atoms with E-state index in [1.54, 1.807) is 25.1 Å². The van der Waals surface area contributed by atoms with Crippen molar-refractivity contribution in [3.05, 3.63) is 91.2 Å². The summed E-state index contributed by atoms with van der Waals surface area (Å²) in [6, 6.07) is 16.0. The summed E-state index contributed by atoms with van der Waals surface area (Å²) in [5.74, 6) is -0.265. The summed E-state index contributed by atoms with van der Waals surface area (Å²) in [4.78, 5) is 17.0. The van der Waals surface area contributed by atoms with Crippen LogP contribution < -0.4 is 5.56 Å². The van der Waals surface area contributed by atoms with E-state index in [4.69, 9.17) is 23.2 Å². The second kappa shape index (κ2) is 8.30. The van der Waals surface area contributed by atoms with E-state index in [2.05, 4.69) is 4.99 Å². The minimum Gasteiger partial charge on any atom is -0.494 e. The van der Waals surface area contributed by atoms with E-state index >= 15 is 0 Å². The van der Waals surface area contributed by atoms with E-state index in [0.717, 1.165) is 10.1 Å². The maximum Gasteiger partial charge on any atom is 0.271 e. The highest BCUT2D eigenvalue weighted by atomic mass is 35.5. The zero-order valence-corrected chi connectivity index (χ0v) is 16.4. The van der Waals surface area contributed by atoms with Gasteiger partial charge in [0.05, 0.1) is 22.8 Å². The highest BCUT2D eigenvalue weighted by Crippen LogP contribution is 2.29. The van der Waals surface area contributed by atoms with Crippen LogP contribution in [0.4, 0.5) is 5.69 Å². The molecule has 0 aliphatic heterocycles. The molecule has 0 radical (unpaired) electrons. The third-order valence-corrected chi connectivity index (χ3v) is 4.81. The van der Waals surface area contributed by atoms with E-state index < -0.39 is 5.56 Å². The van der Waals surface area contributed by atoms with Crippen LogP contribution in [0.5, 0.6) is 5.88 Å². The topological polar surface area (TPSA) is 78.4 Å². The van der Waals surface area contributed by atoms with Crippen molar-refractivity contribution in [2.24, 2.45) is 4.99 Å². The lowest BCUT2D eigenvalue weighted by Gasteiger charge is -2.14. The first-order chi connectivity index (χ1) is 13.4. The fourth-order valence-corrected chi connectivity index (χ4v) is 3.22. The molecular weight excluding hydrogens is 397 g/mol. The number of aromatic nitrogens is 1. The Hall–Kier alpha value is -3.07. The summed E-state index contributed by atoms with van der Waals surface area (Å²) in [5.41, 5.74) is 1.29. The molecule has 7 heteroatoms. The molecule has 1 heterocycles. The van der Waals surface area contributed by atoms with Gasteiger partial charge in [0.25, 0.3) is 5.56 Å². The molecule has 1 N–H and O–H groups in total.